The summed E-state index contributed by atoms with van der Waals surface area (Å²) in [5.41, 5.74) is 5.62. The van der Waals surface area contributed by atoms with Crippen LogP contribution in [-0.4, -0.2) is 4.92 Å². The SMILES string of the molecule is Nc1cc([N+](=O)[O-])ccc1Oc1ccc(Br)c(F)c1. The number of nitrogens with zero attached hydrogens (tertiary/aromatic N) is 1. The third-order valence-electron chi connectivity index (χ3n) is 2.32. The third-order valence-corrected chi connectivity index (χ3v) is 2.97. The first-order valence-corrected chi connectivity index (χ1v) is 5.93. The molecule has 0 heterocycles. The van der Waals surface area contributed by atoms with Crippen LogP contribution < -0.4 is 10.5 Å². The van der Waals surface area contributed by atoms with Crippen molar-refractivity contribution < 1.29 is 14.1 Å². The van der Waals surface area contributed by atoms with E-state index >= 15 is 0 Å². The highest BCUT2D eigenvalue weighted by Gasteiger charge is 2.10. The van der Waals surface area contributed by atoms with Gasteiger partial charge in [-0.15, -0.1) is 0 Å². The number of hydrogen-bond acceptors (Lipinski definition) is 4. The minimum atomic E-state index is -0.556. The molecule has 98 valence electrons. The van der Waals surface area contributed by atoms with Gasteiger partial charge in [0.15, 0.2) is 5.75 Å². The number of benzene rings is 2. The molecule has 0 aliphatic carbocycles. The van der Waals surface area contributed by atoms with E-state index in [0.29, 0.717) is 4.47 Å². The molecule has 2 rings (SSSR count). The Hall–Kier alpha value is -2.15. The fourth-order valence-electron chi connectivity index (χ4n) is 1.41. The summed E-state index contributed by atoms with van der Waals surface area (Å²) >= 11 is 3.02. The van der Waals surface area contributed by atoms with E-state index in [4.69, 9.17) is 10.5 Å². The maximum atomic E-state index is 13.3. The van der Waals surface area contributed by atoms with Crippen LogP contribution in [0.25, 0.3) is 0 Å². The Labute approximate surface area is 116 Å². The number of non-ortho nitro benzene ring substituents is 1. The van der Waals surface area contributed by atoms with Gasteiger partial charge in [0.05, 0.1) is 15.1 Å². The second-order valence-corrected chi connectivity index (χ2v) is 4.51. The van der Waals surface area contributed by atoms with E-state index in [2.05, 4.69) is 15.9 Å². The topological polar surface area (TPSA) is 78.4 Å². The van der Waals surface area contributed by atoms with Crippen LogP contribution in [0.3, 0.4) is 0 Å². The monoisotopic (exact) mass is 326 g/mol. The van der Waals surface area contributed by atoms with Crippen molar-refractivity contribution in [3.63, 3.8) is 0 Å². The summed E-state index contributed by atoms with van der Waals surface area (Å²) in [7, 11) is 0. The summed E-state index contributed by atoms with van der Waals surface area (Å²) in [5, 5.41) is 10.6. The van der Waals surface area contributed by atoms with Gasteiger partial charge in [0.1, 0.15) is 11.6 Å². The molecule has 0 bridgehead atoms. The molecule has 0 aliphatic heterocycles. The Balaban J connectivity index is 2.28. The average Bonchev–Trinajstić information content (AvgIpc) is 2.36. The van der Waals surface area contributed by atoms with Crippen molar-refractivity contribution in [2.24, 2.45) is 0 Å². The summed E-state index contributed by atoms with van der Waals surface area (Å²) in [6.45, 7) is 0. The van der Waals surface area contributed by atoms with Gasteiger partial charge in [-0.25, -0.2) is 4.39 Å². The number of hydrogen-bond donors (Lipinski definition) is 1. The number of anilines is 1. The molecule has 0 saturated heterocycles. The van der Waals surface area contributed by atoms with Gasteiger partial charge in [0.2, 0.25) is 0 Å². The number of nitrogens with two attached hydrogens (primary N) is 1. The smallest absolute Gasteiger partial charge is 0.271 e. The largest absolute Gasteiger partial charge is 0.455 e. The molecule has 2 aromatic rings. The van der Waals surface area contributed by atoms with E-state index in [0.717, 1.165) is 0 Å². The Bertz CT molecular complexity index is 649. The standard InChI is InChI=1S/C12H8BrFN2O3/c13-9-3-2-8(6-10(9)14)19-12-4-1-7(16(17)18)5-11(12)15/h1-6H,15H2. The lowest BCUT2D eigenvalue weighted by Gasteiger charge is -2.08. The Kier molecular flexibility index (Phi) is 3.66. The van der Waals surface area contributed by atoms with Gasteiger partial charge in [-0.2, -0.15) is 0 Å². The first-order chi connectivity index (χ1) is 8.97. The maximum absolute atomic E-state index is 13.3. The van der Waals surface area contributed by atoms with Gasteiger partial charge >= 0.3 is 0 Å². The molecule has 5 nitrogen and oxygen atoms in total. The molecule has 0 radical (unpaired) electrons. The highest BCUT2D eigenvalue weighted by atomic mass is 79.9. The van der Waals surface area contributed by atoms with Gasteiger partial charge in [0, 0.05) is 18.2 Å². The van der Waals surface area contributed by atoms with E-state index < -0.39 is 10.7 Å². The molecule has 19 heavy (non-hydrogen) atoms. The lowest BCUT2D eigenvalue weighted by atomic mass is 10.2. The Morgan fingerprint density at radius 3 is 2.58 bits per heavy atom. The number of rotatable bonds is 3. The van der Waals surface area contributed by atoms with Crippen molar-refractivity contribution in [2.75, 3.05) is 5.73 Å². The van der Waals surface area contributed by atoms with Gasteiger partial charge in [-0.05, 0) is 34.1 Å². The summed E-state index contributed by atoms with van der Waals surface area (Å²) in [5.74, 6) is 0.00607. The zero-order valence-electron chi connectivity index (χ0n) is 9.47. The molecule has 0 unspecified atom stereocenters. The predicted octanol–water partition coefficient (Wildman–Crippen LogP) is 3.87. The van der Waals surface area contributed by atoms with Crippen LogP contribution >= 0.6 is 15.9 Å². The highest BCUT2D eigenvalue weighted by Crippen LogP contribution is 2.31. The van der Waals surface area contributed by atoms with E-state index in [1.54, 1.807) is 6.07 Å². The Morgan fingerprint density at radius 1 is 1.26 bits per heavy atom. The maximum Gasteiger partial charge on any atom is 0.271 e. The zero-order valence-corrected chi connectivity index (χ0v) is 11.1. The van der Waals surface area contributed by atoms with Crippen molar-refractivity contribution in [3.05, 3.63) is 56.8 Å². The molecular formula is C12H8BrFN2O3. The number of ether oxygens (including phenoxy) is 1. The molecule has 0 atom stereocenters. The normalized spacial score (nSPS) is 10.2. The van der Waals surface area contributed by atoms with E-state index in [1.807, 2.05) is 0 Å². The zero-order chi connectivity index (χ0) is 14.0. The van der Waals surface area contributed by atoms with E-state index in [1.165, 1.54) is 30.3 Å². The molecule has 0 fully saturated rings. The number of nitrogen functional groups attached to an aromatic ring is 1. The van der Waals surface area contributed by atoms with Crippen LogP contribution in [0.1, 0.15) is 0 Å². The lowest BCUT2D eigenvalue weighted by molar-refractivity contribution is -0.384. The highest BCUT2D eigenvalue weighted by molar-refractivity contribution is 9.10. The number of nitro groups is 1. The summed E-state index contributed by atoms with van der Waals surface area (Å²) in [6.07, 6.45) is 0. The van der Waals surface area contributed by atoms with Crippen molar-refractivity contribution >= 4 is 27.3 Å². The van der Waals surface area contributed by atoms with Gasteiger partial charge in [-0.3, -0.25) is 10.1 Å². The van der Waals surface area contributed by atoms with Crippen LogP contribution in [0.2, 0.25) is 0 Å². The second-order valence-electron chi connectivity index (χ2n) is 3.66. The van der Waals surface area contributed by atoms with Crippen LogP contribution in [0.15, 0.2) is 40.9 Å². The number of halogens is 2. The quantitative estimate of drug-likeness (QED) is 0.527. The minimum Gasteiger partial charge on any atom is -0.455 e. The average molecular weight is 327 g/mol. The van der Waals surface area contributed by atoms with Crippen LogP contribution in [0.5, 0.6) is 11.5 Å². The lowest BCUT2D eigenvalue weighted by Crippen LogP contribution is -1.95. The van der Waals surface area contributed by atoms with Crippen molar-refractivity contribution in [3.8, 4) is 11.5 Å². The van der Waals surface area contributed by atoms with Crippen molar-refractivity contribution in [1.82, 2.24) is 0 Å². The molecule has 7 heteroatoms. The van der Waals surface area contributed by atoms with Crippen molar-refractivity contribution in [2.45, 2.75) is 0 Å². The molecule has 0 aromatic heterocycles. The third kappa shape index (κ3) is 3.00. The first-order valence-electron chi connectivity index (χ1n) is 5.14. The molecule has 0 amide bonds. The number of nitro benzene ring substituents is 1. The minimum absolute atomic E-state index is 0.109. The fraction of sp³-hybridized carbons (Fsp3) is 0. The van der Waals surface area contributed by atoms with Crippen LogP contribution in [-0.2, 0) is 0 Å². The summed E-state index contributed by atoms with van der Waals surface area (Å²) < 4.78 is 19.0. The van der Waals surface area contributed by atoms with Gasteiger partial charge < -0.3 is 10.5 Å². The molecule has 2 N–H and O–H groups in total. The molecule has 2 aromatic carbocycles. The fourth-order valence-corrected chi connectivity index (χ4v) is 1.66. The van der Waals surface area contributed by atoms with Crippen molar-refractivity contribution in [1.29, 1.82) is 0 Å². The van der Waals surface area contributed by atoms with Crippen LogP contribution in [0.4, 0.5) is 15.8 Å². The van der Waals surface area contributed by atoms with E-state index in [9.17, 15) is 14.5 Å². The van der Waals surface area contributed by atoms with Gasteiger partial charge in [-0.1, -0.05) is 0 Å². The summed E-state index contributed by atoms with van der Waals surface area (Å²) in [4.78, 5) is 10.0. The Morgan fingerprint density at radius 2 is 2.00 bits per heavy atom. The summed E-state index contributed by atoms with van der Waals surface area (Å²) in [6, 6.07) is 8.05. The van der Waals surface area contributed by atoms with Crippen LogP contribution in [0, 0.1) is 15.9 Å². The molecule has 0 aliphatic rings. The molecule has 0 spiro atoms. The molecular weight excluding hydrogens is 319 g/mol. The first kappa shape index (κ1) is 13.3. The second kappa shape index (κ2) is 5.23. The predicted molar refractivity (Wildman–Crippen MR) is 71.7 cm³/mol. The van der Waals surface area contributed by atoms with Gasteiger partial charge in [0.25, 0.3) is 5.69 Å². The molecule has 0 saturated carbocycles. The van der Waals surface area contributed by atoms with E-state index in [-0.39, 0.29) is 22.9 Å².